The average molecular weight is 396 g/mol. The standard InChI is InChI=1S/C22H24N2O5/c1-14-12-18(15(2)24(14)10-11-27-4)19(25)13-28-22(26)20-16(3)29-23-21(20)17-8-6-5-7-9-17/h5-9,12H,10-11,13H2,1-4H3. The Bertz CT molecular complexity index is 1020. The van der Waals surface area contributed by atoms with Crippen LogP contribution < -0.4 is 0 Å². The Morgan fingerprint density at radius 3 is 2.55 bits per heavy atom. The summed E-state index contributed by atoms with van der Waals surface area (Å²) in [6.45, 7) is 6.29. The Hall–Kier alpha value is -3.19. The van der Waals surface area contributed by atoms with Gasteiger partial charge in [-0.1, -0.05) is 35.5 Å². The van der Waals surface area contributed by atoms with Crippen LogP contribution in [-0.4, -0.2) is 41.8 Å². The number of ketones is 1. The van der Waals surface area contributed by atoms with Crippen LogP contribution in [0, 0.1) is 20.8 Å². The summed E-state index contributed by atoms with van der Waals surface area (Å²) in [6, 6.07) is 11.0. The summed E-state index contributed by atoms with van der Waals surface area (Å²) in [5.74, 6) is -0.548. The highest BCUT2D eigenvalue weighted by Crippen LogP contribution is 2.26. The average Bonchev–Trinajstić information content (AvgIpc) is 3.24. The van der Waals surface area contributed by atoms with Gasteiger partial charge < -0.3 is 18.6 Å². The van der Waals surface area contributed by atoms with E-state index in [2.05, 4.69) is 5.16 Å². The number of aryl methyl sites for hydroxylation is 2. The van der Waals surface area contributed by atoms with Crippen LogP contribution in [0.25, 0.3) is 11.3 Å². The molecule has 0 radical (unpaired) electrons. The molecule has 0 amide bonds. The van der Waals surface area contributed by atoms with Crippen molar-refractivity contribution in [3.05, 3.63) is 64.7 Å². The first-order valence-electron chi connectivity index (χ1n) is 9.31. The highest BCUT2D eigenvalue weighted by molar-refractivity contribution is 6.02. The molecule has 152 valence electrons. The molecule has 1 aromatic carbocycles. The number of carbonyl (C=O) groups is 2. The van der Waals surface area contributed by atoms with Crippen LogP contribution in [0.3, 0.4) is 0 Å². The lowest BCUT2D eigenvalue weighted by molar-refractivity contribution is 0.0473. The van der Waals surface area contributed by atoms with Crippen molar-refractivity contribution < 1.29 is 23.6 Å². The minimum atomic E-state index is -0.635. The Morgan fingerprint density at radius 2 is 1.86 bits per heavy atom. The van der Waals surface area contributed by atoms with Gasteiger partial charge in [-0.05, 0) is 26.8 Å². The maximum absolute atomic E-state index is 12.7. The van der Waals surface area contributed by atoms with E-state index in [0.717, 1.165) is 17.0 Å². The van der Waals surface area contributed by atoms with E-state index in [4.69, 9.17) is 14.0 Å². The molecule has 0 saturated carbocycles. The molecule has 0 aliphatic rings. The second-order valence-corrected chi connectivity index (χ2v) is 6.76. The summed E-state index contributed by atoms with van der Waals surface area (Å²) < 4.78 is 17.6. The predicted octanol–water partition coefficient (Wildman–Crippen LogP) is 3.75. The van der Waals surface area contributed by atoms with E-state index < -0.39 is 5.97 Å². The van der Waals surface area contributed by atoms with E-state index in [1.807, 2.05) is 48.7 Å². The third-order valence-electron chi connectivity index (χ3n) is 4.84. The fourth-order valence-electron chi connectivity index (χ4n) is 3.30. The first-order chi connectivity index (χ1) is 13.9. The van der Waals surface area contributed by atoms with Crippen LogP contribution in [0.15, 0.2) is 40.9 Å². The van der Waals surface area contributed by atoms with Gasteiger partial charge in [0.05, 0.1) is 6.61 Å². The van der Waals surface area contributed by atoms with Gasteiger partial charge in [0.1, 0.15) is 17.0 Å². The van der Waals surface area contributed by atoms with Crippen molar-refractivity contribution in [2.45, 2.75) is 27.3 Å². The van der Waals surface area contributed by atoms with Gasteiger partial charge in [0.25, 0.3) is 0 Å². The third kappa shape index (κ3) is 4.30. The lowest BCUT2D eigenvalue weighted by Gasteiger charge is -2.09. The second kappa shape index (κ2) is 8.87. The summed E-state index contributed by atoms with van der Waals surface area (Å²) in [5.41, 5.74) is 3.69. The predicted molar refractivity (Wildman–Crippen MR) is 107 cm³/mol. The molecule has 0 aliphatic carbocycles. The van der Waals surface area contributed by atoms with E-state index in [1.165, 1.54) is 0 Å². The van der Waals surface area contributed by atoms with Gasteiger partial charge in [0, 0.05) is 36.2 Å². The van der Waals surface area contributed by atoms with E-state index in [9.17, 15) is 9.59 Å². The van der Waals surface area contributed by atoms with Gasteiger partial charge >= 0.3 is 5.97 Å². The maximum Gasteiger partial charge on any atom is 0.344 e. The van der Waals surface area contributed by atoms with Gasteiger partial charge in [-0.3, -0.25) is 4.79 Å². The number of Topliss-reactive ketones (excluding diaryl/α,β-unsaturated/α-hetero) is 1. The number of carbonyl (C=O) groups excluding carboxylic acids is 2. The van der Waals surface area contributed by atoms with Gasteiger partial charge in [-0.2, -0.15) is 0 Å². The number of nitrogens with zero attached hydrogens (tertiary/aromatic N) is 2. The van der Waals surface area contributed by atoms with Crippen molar-refractivity contribution in [3.63, 3.8) is 0 Å². The number of ether oxygens (including phenoxy) is 2. The van der Waals surface area contributed by atoms with Crippen LogP contribution in [0.5, 0.6) is 0 Å². The topological polar surface area (TPSA) is 83.6 Å². The fraction of sp³-hybridized carbons (Fsp3) is 0.318. The molecule has 2 heterocycles. The van der Waals surface area contributed by atoms with E-state index in [0.29, 0.717) is 30.2 Å². The van der Waals surface area contributed by atoms with Crippen LogP contribution in [0.2, 0.25) is 0 Å². The molecule has 0 atom stereocenters. The molecule has 2 aromatic heterocycles. The van der Waals surface area contributed by atoms with Crippen LogP contribution in [0.1, 0.15) is 37.9 Å². The number of methoxy groups -OCH3 is 1. The SMILES string of the molecule is COCCn1c(C)cc(C(=O)COC(=O)c2c(-c3ccccc3)noc2C)c1C. The van der Waals surface area contributed by atoms with Gasteiger partial charge in [-0.15, -0.1) is 0 Å². The zero-order chi connectivity index (χ0) is 21.0. The Morgan fingerprint density at radius 1 is 1.14 bits per heavy atom. The molecule has 7 heteroatoms. The molecule has 0 aliphatic heterocycles. The number of hydrogen-bond donors (Lipinski definition) is 0. The summed E-state index contributed by atoms with van der Waals surface area (Å²) in [4.78, 5) is 25.3. The van der Waals surface area contributed by atoms with Crippen molar-refractivity contribution in [2.75, 3.05) is 20.3 Å². The Labute approximate surface area is 169 Å². The molecule has 0 spiro atoms. The first-order valence-corrected chi connectivity index (χ1v) is 9.31. The zero-order valence-electron chi connectivity index (χ0n) is 17.0. The number of rotatable bonds is 8. The van der Waals surface area contributed by atoms with Gasteiger partial charge in [-0.25, -0.2) is 4.79 Å². The van der Waals surface area contributed by atoms with Gasteiger partial charge in [0.15, 0.2) is 6.61 Å². The molecule has 29 heavy (non-hydrogen) atoms. The molecule has 0 saturated heterocycles. The van der Waals surface area contributed by atoms with E-state index in [1.54, 1.807) is 20.1 Å². The Balaban J connectivity index is 1.74. The minimum Gasteiger partial charge on any atom is -0.454 e. The molecule has 7 nitrogen and oxygen atoms in total. The van der Waals surface area contributed by atoms with Crippen LogP contribution in [0.4, 0.5) is 0 Å². The summed E-state index contributed by atoms with van der Waals surface area (Å²) in [7, 11) is 1.64. The zero-order valence-corrected chi connectivity index (χ0v) is 17.0. The monoisotopic (exact) mass is 396 g/mol. The molecular formula is C22H24N2O5. The normalized spacial score (nSPS) is 10.9. The van der Waals surface area contributed by atoms with Crippen LogP contribution in [-0.2, 0) is 16.0 Å². The van der Waals surface area contributed by atoms with Crippen LogP contribution >= 0.6 is 0 Å². The van der Waals surface area contributed by atoms with Crippen molar-refractivity contribution in [2.24, 2.45) is 0 Å². The molecule has 0 unspecified atom stereocenters. The Kier molecular flexibility index (Phi) is 6.29. The third-order valence-corrected chi connectivity index (χ3v) is 4.84. The van der Waals surface area contributed by atoms with Crippen molar-refractivity contribution in [3.8, 4) is 11.3 Å². The number of aromatic nitrogens is 2. The molecule has 0 fully saturated rings. The molecular weight excluding hydrogens is 372 g/mol. The smallest absolute Gasteiger partial charge is 0.344 e. The van der Waals surface area contributed by atoms with Crippen molar-refractivity contribution >= 4 is 11.8 Å². The second-order valence-electron chi connectivity index (χ2n) is 6.76. The highest BCUT2D eigenvalue weighted by Gasteiger charge is 2.24. The quantitative estimate of drug-likeness (QED) is 0.426. The lowest BCUT2D eigenvalue weighted by atomic mass is 10.1. The number of benzene rings is 1. The lowest BCUT2D eigenvalue weighted by Crippen LogP contribution is -2.16. The number of esters is 1. The first kappa shape index (κ1) is 20.5. The highest BCUT2D eigenvalue weighted by atomic mass is 16.5. The fourth-order valence-corrected chi connectivity index (χ4v) is 3.30. The summed E-state index contributed by atoms with van der Waals surface area (Å²) in [5, 5.41) is 3.97. The number of hydrogen-bond acceptors (Lipinski definition) is 6. The minimum absolute atomic E-state index is 0.231. The van der Waals surface area contributed by atoms with Crippen molar-refractivity contribution in [1.82, 2.24) is 9.72 Å². The van der Waals surface area contributed by atoms with Gasteiger partial charge in [0.2, 0.25) is 5.78 Å². The largest absolute Gasteiger partial charge is 0.454 e. The molecule has 0 bridgehead atoms. The van der Waals surface area contributed by atoms with E-state index in [-0.39, 0.29) is 18.0 Å². The van der Waals surface area contributed by atoms with Crippen molar-refractivity contribution in [1.29, 1.82) is 0 Å². The molecule has 0 N–H and O–H groups in total. The summed E-state index contributed by atoms with van der Waals surface area (Å²) >= 11 is 0. The van der Waals surface area contributed by atoms with E-state index >= 15 is 0 Å². The maximum atomic E-state index is 12.7. The molecule has 3 aromatic rings. The summed E-state index contributed by atoms with van der Waals surface area (Å²) in [6.07, 6.45) is 0. The molecule has 3 rings (SSSR count).